The molecule has 2 N–H and O–H groups in total. The zero-order chi connectivity index (χ0) is 13.1. The van der Waals surface area contributed by atoms with E-state index >= 15 is 0 Å². The molecule has 0 radical (unpaired) electrons. The number of nitrogen functional groups attached to an aromatic ring is 1. The highest BCUT2D eigenvalue weighted by Gasteiger charge is 2.06. The number of nitriles is 1. The van der Waals surface area contributed by atoms with Crippen molar-refractivity contribution in [2.24, 2.45) is 0 Å². The molecule has 18 heavy (non-hydrogen) atoms. The molecule has 0 amide bonds. The third kappa shape index (κ3) is 2.67. The van der Waals surface area contributed by atoms with Gasteiger partial charge in [-0.05, 0) is 24.3 Å². The van der Waals surface area contributed by atoms with Gasteiger partial charge in [0.05, 0.1) is 16.3 Å². The number of nitrogens with two attached hydrogens (primary N) is 1. The molecule has 90 valence electrons. The summed E-state index contributed by atoms with van der Waals surface area (Å²) in [4.78, 5) is 0. The zero-order valence-electron chi connectivity index (χ0n) is 9.15. The lowest BCUT2D eigenvalue weighted by atomic mass is 10.2. The molecule has 0 aliphatic heterocycles. The SMILES string of the molecule is N#Cc1ccc(Oc2cc(Cl)ccc2Cl)cc1N. The fourth-order valence-corrected chi connectivity index (χ4v) is 1.71. The Morgan fingerprint density at radius 3 is 2.56 bits per heavy atom. The highest BCUT2D eigenvalue weighted by Crippen LogP contribution is 2.32. The topological polar surface area (TPSA) is 59.0 Å². The Balaban J connectivity index is 2.32. The number of ether oxygens (including phenoxy) is 1. The van der Waals surface area contributed by atoms with Gasteiger partial charge in [-0.15, -0.1) is 0 Å². The minimum absolute atomic E-state index is 0.355. The maximum atomic E-state index is 8.77. The first kappa shape index (κ1) is 12.6. The molecule has 0 aliphatic rings. The molecule has 0 saturated carbocycles. The smallest absolute Gasteiger partial charge is 0.147 e. The first-order valence-electron chi connectivity index (χ1n) is 5.02. The van der Waals surface area contributed by atoms with E-state index in [-0.39, 0.29) is 0 Å². The van der Waals surface area contributed by atoms with Gasteiger partial charge in [0.15, 0.2) is 0 Å². The van der Waals surface area contributed by atoms with Gasteiger partial charge in [0.1, 0.15) is 17.6 Å². The fourth-order valence-electron chi connectivity index (χ4n) is 1.39. The minimum Gasteiger partial charge on any atom is -0.456 e. The molecule has 0 saturated heterocycles. The summed E-state index contributed by atoms with van der Waals surface area (Å²) in [5, 5.41) is 9.74. The van der Waals surface area contributed by atoms with Crippen molar-refractivity contribution in [3.05, 3.63) is 52.0 Å². The summed E-state index contributed by atoms with van der Waals surface area (Å²) in [6, 6.07) is 11.7. The Kier molecular flexibility index (Phi) is 3.61. The average molecular weight is 279 g/mol. The van der Waals surface area contributed by atoms with E-state index in [9.17, 15) is 0 Å². The Morgan fingerprint density at radius 2 is 1.89 bits per heavy atom. The molecule has 5 heteroatoms. The molecule has 0 bridgehead atoms. The van der Waals surface area contributed by atoms with E-state index in [1.807, 2.05) is 6.07 Å². The number of anilines is 1. The fraction of sp³-hybridized carbons (Fsp3) is 0. The van der Waals surface area contributed by atoms with Crippen molar-refractivity contribution < 1.29 is 4.74 Å². The summed E-state index contributed by atoms with van der Waals surface area (Å²) in [6.07, 6.45) is 0. The van der Waals surface area contributed by atoms with Crippen LogP contribution in [-0.2, 0) is 0 Å². The van der Waals surface area contributed by atoms with Gasteiger partial charge in [-0.2, -0.15) is 5.26 Å². The first-order chi connectivity index (χ1) is 8.60. The number of hydrogen-bond donors (Lipinski definition) is 1. The quantitative estimate of drug-likeness (QED) is 0.836. The van der Waals surface area contributed by atoms with Crippen LogP contribution < -0.4 is 10.5 Å². The van der Waals surface area contributed by atoms with Gasteiger partial charge in [0.25, 0.3) is 0 Å². The second-order valence-corrected chi connectivity index (χ2v) is 4.38. The highest BCUT2D eigenvalue weighted by atomic mass is 35.5. The molecule has 0 spiro atoms. The lowest BCUT2D eigenvalue weighted by Gasteiger charge is -2.09. The van der Waals surface area contributed by atoms with Gasteiger partial charge in [0, 0.05) is 17.2 Å². The number of halogens is 2. The van der Waals surface area contributed by atoms with Crippen LogP contribution in [0.5, 0.6) is 11.5 Å². The van der Waals surface area contributed by atoms with Crippen LogP contribution in [0.1, 0.15) is 5.56 Å². The van der Waals surface area contributed by atoms with Crippen molar-refractivity contribution in [2.75, 3.05) is 5.73 Å². The van der Waals surface area contributed by atoms with Gasteiger partial charge < -0.3 is 10.5 Å². The Hall–Kier alpha value is -1.89. The van der Waals surface area contributed by atoms with Crippen LogP contribution in [0.15, 0.2) is 36.4 Å². The van der Waals surface area contributed by atoms with E-state index in [4.69, 9.17) is 38.9 Å². The molecule has 0 unspecified atom stereocenters. The Labute approximate surface area is 114 Å². The van der Waals surface area contributed by atoms with Gasteiger partial charge in [-0.3, -0.25) is 0 Å². The molecule has 0 atom stereocenters. The molecule has 2 rings (SSSR count). The highest BCUT2D eigenvalue weighted by molar-refractivity contribution is 6.34. The number of benzene rings is 2. The van der Waals surface area contributed by atoms with E-state index in [0.717, 1.165) is 0 Å². The van der Waals surface area contributed by atoms with Crippen molar-refractivity contribution in [3.63, 3.8) is 0 Å². The molecule has 2 aromatic carbocycles. The second-order valence-electron chi connectivity index (χ2n) is 3.54. The third-order valence-corrected chi connectivity index (χ3v) is 2.81. The number of nitrogens with zero attached hydrogens (tertiary/aromatic N) is 1. The van der Waals surface area contributed by atoms with Crippen LogP contribution in [0.25, 0.3) is 0 Å². The minimum atomic E-state index is 0.355. The number of hydrogen-bond acceptors (Lipinski definition) is 3. The van der Waals surface area contributed by atoms with E-state index < -0.39 is 0 Å². The zero-order valence-corrected chi connectivity index (χ0v) is 10.7. The number of rotatable bonds is 2. The van der Waals surface area contributed by atoms with Gasteiger partial charge >= 0.3 is 0 Å². The summed E-state index contributed by atoms with van der Waals surface area (Å²) in [5.41, 5.74) is 6.45. The van der Waals surface area contributed by atoms with Crippen LogP contribution in [-0.4, -0.2) is 0 Å². The molecule has 0 aromatic heterocycles. The van der Waals surface area contributed by atoms with Crippen molar-refractivity contribution >= 4 is 28.9 Å². The van der Waals surface area contributed by atoms with Crippen LogP contribution >= 0.6 is 23.2 Å². The average Bonchev–Trinajstić information content (AvgIpc) is 2.34. The summed E-state index contributed by atoms with van der Waals surface area (Å²) >= 11 is 11.8. The van der Waals surface area contributed by atoms with Crippen molar-refractivity contribution in [2.45, 2.75) is 0 Å². The van der Waals surface area contributed by atoms with E-state index in [2.05, 4.69) is 0 Å². The van der Waals surface area contributed by atoms with E-state index in [1.165, 1.54) is 0 Å². The monoisotopic (exact) mass is 278 g/mol. The third-order valence-electron chi connectivity index (χ3n) is 2.26. The summed E-state index contributed by atoms with van der Waals surface area (Å²) in [6.45, 7) is 0. The predicted molar refractivity (Wildman–Crippen MR) is 72.1 cm³/mol. The summed E-state index contributed by atoms with van der Waals surface area (Å²) in [5.74, 6) is 0.934. The molecular weight excluding hydrogens is 271 g/mol. The Morgan fingerprint density at radius 1 is 1.11 bits per heavy atom. The summed E-state index contributed by atoms with van der Waals surface area (Å²) in [7, 11) is 0. The van der Waals surface area contributed by atoms with Gasteiger partial charge in [-0.1, -0.05) is 23.2 Å². The van der Waals surface area contributed by atoms with E-state index in [1.54, 1.807) is 36.4 Å². The van der Waals surface area contributed by atoms with Crippen LogP contribution in [0.2, 0.25) is 10.0 Å². The molecule has 0 heterocycles. The van der Waals surface area contributed by atoms with Gasteiger partial charge in [0.2, 0.25) is 0 Å². The maximum Gasteiger partial charge on any atom is 0.147 e. The lowest BCUT2D eigenvalue weighted by molar-refractivity contribution is 0.483. The summed E-state index contributed by atoms with van der Waals surface area (Å²) < 4.78 is 5.56. The van der Waals surface area contributed by atoms with Crippen LogP contribution in [0.4, 0.5) is 5.69 Å². The van der Waals surface area contributed by atoms with Crippen molar-refractivity contribution in [3.8, 4) is 17.6 Å². The normalized spacial score (nSPS) is 9.83. The molecule has 0 fully saturated rings. The largest absolute Gasteiger partial charge is 0.456 e. The predicted octanol–water partition coefficient (Wildman–Crippen LogP) is 4.24. The molecular formula is C13H8Cl2N2O. The van der Waals surface area contributed by atoms with Crippen LogP contribution in [0, 0.1) is 11.3 Å². The Bertz CT molecular complexity index is 635. The van der Waals surface area contributed by atoms with Gasteiger partial charge in [-0.25, -0.2) is 0 Å². The maximum absolute atomic E-state index is 8.77. The molecule has 0 aliphatic carbocycles. The van der Waals surface area contributed by atoms with Crippen LogP contribution in [0.3, 0.4) is 0 Å². The van der Waals surface area contributed by atoms with Crippen molar-refractivity contribution in [1.29, 1.82) is 5.26 Å². The molecule has 3 nitrogen and oxygen atoms in total. The van der Waals surface area contributed by atoms with E-state index in [0.29, 0.717) is 32.8 Å². The second kappa shape index (κ2) is 5.18. The standard InChI is InChI=1S/C13H8Cl2N2O/c14-9-2-4-11(15)13(5-9)18-10-3-1-8(7-16)12(17)6-10/h1-6H,17H2. The first-order valence-corrected chi connectivity index (χ1v) is 5.78. The van der Waals surface area contributed by atoms with Crippen molar-refractivity contribution in [1.82, 2.24) is 0 Å². The molecule has 2 aromatic rings. The lowest BCUT2D eigenvalue weighted by Crippen LogP contribution is -1.92.